The number of nitrogens with zero attached hydrogens (tertiary/aromatic N) is 1. The number of aromatic hydroxyl groups is 1. The number of phenolic OH excluding ortho intramolecular Hbond substituents is 1. The fourth-order valence-corrected chi connectivity index (χ4v) is 6.77. The van der Waals surface area contributed by atoms with E-state index in [4.69, 9.17) is 5.32 Å². The van der Waals surface area contributed by atoms with Crippen molar-refractivity contribution in [3.05, 3.63) is 99.9 Å². The molecule has 1 atom stereocenters. The summed E-state index contributed by atoms with van der Waals surface area (Å²) in [5, 5.41) is 21.1. The van der Waals surface area contributed by atoms with Gasteiger partial charge in [0.25, 0.3) is 0 Å². The van der Waals surface area contributed by atoms with E-state index in [-0.39, 0.29) is 120 Å². The Hall–Kier alpha value is -0.388. The molecule has 1 unspecified atom stereocenters. The van der Waals surface area contributed by atoms with Gasteiger partial charge in [0.1, 0.15) is 5.75 Å². The number of rotatable bonds is 2. The second kappa shape index (κ2) is 19.4. The third kappa shape index (κ3) is 12.7. The van der Waals surface area contributed by atoms with E-state index >= 15 is 0 Å². The molecule has 3 aromatic rings. The Morgan fingerprint density at radius 1 is 0.708 bits per heavy atom. The summed E-state index contributed by atoms with van der Waals surface area (Å²) in [6.07, 6.45) is 7.85. The number of anilines is 2. The first-order chi connectivity index (χ1) is 20.5. The van der Waals surface area contributed by atoms with Crippen molar-refractivity contribution >= 4 is 28.2 Å². The van der Waals surface area contributed by atoms with Gasteiger partial charge < -0.3 is 26.5 Å². The molecule has 3 heterocycles. The first-order valence-corrected chi connectivity index (χ1v) is 16.3. The van der Waals surface area contributed by atoms with E-state index < -0.39 is 0 Å². The first kappa shape index (κ1) is 47.6. The molecule has 0 saturated heterocycles. The molecule has 0 saturated carbocycles. The number of hydrogen-bond donors (Lipinski definition) is 3. The average molecular weight is 878 g/mol. The van der Waals surface area contributed by atoms with Gasteiger partial charge in [-0.1, -0.05) is 83.0 Å². The van der Waals surface area contributed by atoms with Crippen LogP contribution in [0.3, 0.4) is 0 Å². The number of allylic oxidation sites excluding steroid dienone is 2. The predicted octanol–water partition coefficient (Wildman–Crippen LogP) is 10.6. The fourth-order valence-electron chi connectivity index (χ4n) is 6.77. The smallest absolute Gasteiger partial charge is 0.116 e. The molecule has 0 amide bonds. The molecule has 48 heavy (non-hydrogen) atoms. The van der Waals surface area contributed by atoms with E-state index in [2.05, 4.69) is 135 Å². The molecule has 0 fully saturated rings. The van der Waals surface area contributed by atoms with Gasteiger partial charge in [0.05, 0.1) is 11.1 Å². The summed E-state index contributed by atoms with van der Waals surface area (Å²) in [7, 11) is 0. The summed E-state index contributed by atoms with van der Waals surface area (Å²) < 4.78 is 0. The zero-order valence-corrected chi connectivity index (χ0v) is 39.7. The molecule has 3 aliphatic heterocycles. The number of phenols is 1. The third-order valence-electron chi connectivity index (χ3n) is 8.67. The van der Waals surface area contributed by atoms with Crippen LogP contribution in [-0.2, 0) is 111 Å². The van der Waals surface area contributed by atoms with Crippen LogP contribution in [0.5, 0.6) is 5.75 Å². The van der Waals surface area contributed by atoms with Gasteiger partial charge in [0.2, 0.25) is 0 Å². The summed E-state index contributed by atoms with van der Waals surface area (Å²) in [4.78, 5) is 0. The van der Waals surface area contributed by atoms with Gasteiger partial charge in [-0.2, -0.15) is 0 Å². The second-order valence-electron chi connectivity index (χ2n) is 14.6. The maximum atomic E-state index is 9.38. The number of aryl methyl sites for hydroxylation is 2. The van der Waals surface area contributed by atoms with Crippen molar-refractivity contribution in [2.24, 2.45) is 0 Å². The molecule has 5 nitrogen and oxygen atoms in total. The molecular formula is C40H56N3O2Y3-. The van der Waals surface area contributed by atoms with Gasteiger partial charge in [0.15, 0.2) is 0 Å². The zero-order chi connectivity index (χ0) is 32.4. The van der Waals surface area contributed by atoms with Gasteiger partial charge in [-0.05, 0) is 113 Å². The SMILES string of the molecule is CC1=CC(C)(C)Nc2ccc(O)cc21.CCc1ccc2c(c1)C(C)=CC(C)(C)N2.CCc1ccc2c(c1)C(C)CC(C)(C)[N-]2.O.[Y].[Y].[Y]. The van der Waals surface area contributed by atoms with Gasteiger partial charge in [-0.3, -0.25) is 0 Å². The van der Waals surface area contributed by atoms with Gasteiger partial charge in [-0.15, -0.1) is 11.2 Å². The van der Waals surface area contributed by atoms with Crippen LogP contribution in [0, 0.1) is 0 Å². The van der Waals surface area contributed by atoms with E-state index in [1.165, 1.54) is 44.8 Å². The van der Waals surface area contributed by atoms with E-state index in [0.29, 0.717) is 11.7 Å². The number of hydrogen-bond acceptors (Lipinski definition) is 3. The molecule has 6 rings (SSSR count). The Bertz CT molecular complexity index is 1580. The molecule has 0 aromatic heterocycles. The van der Waals surface area contributed by atoms with E-state index in [1.54, 1.807) is 12.1 Å². The first-order valence-electron chi connectivity index (χ1n) is 16.3. The Kier molecular flexibility index (Phi) is 19.3. The summed E-state index contributed by atoms with van der Waals surface area (Å²) in [6.45, 7) is 24.1. The van der Waals surface area contributed by atoms with Crippen molar-refractivity contribution in [3.8, 4) is 5.75 Å². The Morgan fingerprint density at radius 3 is 1.69 bits per heavy atom. The van der Waals surface area contributed by atoms with Crippen molar-refractivity contribution in [1.82, 2.24) is 0 Å². The largest absolute Gasteiger partial charge is 0.679 e. The molecular weight excluding hydrogens is 821 g/mol. The van der Waals surface area contributed by atoms with Crippen LogP contribution >= 0.6 is 0 Å². The zero-order valence-electron chi connectivity index (χ0n) is 31.2. The minimum absolute atomic E-state index is 0. The van der Waals surface area contributed by atoms with Crippen LogP contribution in [0.1, 0.15) is 116 Å². The van der Waals surface area contributed by atoms with Crippen molar-refractivity contribution in [2.75, 3.05) is 10.6 Å². The second-order valence-corrected chi connectivity index (χ2v) is 14.6. The van der Waals surface area contributed by atoms with Crippen molar-refractivity contribution < 1.29 is 109 Å². The van der Waals surface area contributed by atoms with E-state index in [1.807, 2.05) is 6.07 Å². The van der Waals surface area contributed by atoms with Crippen LogP contribution in [0.2, 0.25) is 0 Å². The maximum Gasteiger partial charge on any atom is 0.116 e. The summed E-state index contributed by atoms with van der Waals surface area (Å²) in [5.74, 6) is 0.956. The number of fused-ring (bicyclic) bond motifs is 3. The van der Waals surface area contributed by atoms with Crippen LogP contribution in [0.4, 0.5) is 17.1 Å². The minimum Gasteiger partial charge on any atom is -0.679 e. The van der Waals surface area contributed by atoms with Gasteiger partial charge in [0, 0.05) is 121 Å². The molecule has 0 bridgehead atoms. The molecule has 3 aliphatic rings. The molecule has 0 spiro atoms. The standard InChI is InChI=1S/C14H20N.C14H19N.C12H15NO.H2O.3Y/c2*1-5-11-6-7-13-12(8-11)10(2)9-14(3,4)15-13;1-8-7-12(2,3)13-11-5-4-9(14)6-10(8)11;;;;/h6-8,10H,5,9H2,1-4H3;6-9,15H,5H2,1-4H3;4-7,13-14H,1-3H3;1H2;;;/q-1;;;;;;. The van der Waals surface area contributed by atoms with Crippen LogP contribution in [0.15, 0.2) is 66.7 Å². The predicted molar refractivity (Wildman–Crippen MR) is 196 cm³/mol. The molecule has 0 aliphatic carbocycles. The molecule has 8 heteroatoms. The Balaban J connectivity index is 0.000000663. The van der Waals surface area contributed by atoms with Crippen LogP contribution in [-0.4, -0.2) is 27.2 Å². The molecule has 3 radical (unpaired) electrons. The quantitative estimate of drug-likeness (QED) is 0.224. The summed E-state index contributed by atoms with van der Waals surface area (Å²) >= 11 is 0. The van der Waals surface area contributed by atoms with Crippen molar-refractivity contribution in [3.63, 3.8) is 0 Å². The number of benzene rings is 3. The minimum atomic E-state index is -0.00590. The maximum absolute atomic E-state index is 9.38. The number of nitrogens with one attached hydrogen (secondary N) is 2. The van der Waals surface area contributed by atoms with Gasteiger partial charge >= 0.3 is 0 Å². The molecule has 5 N–H and O–H groups in total. The third-order valence-corrected chi connectivity index (χ3v) is 8.67. The Labute approximate surface area is 366 Å². The Morgan fingerprint density at radius 2 is 1.17 bits per heavy atom. The van der Waals surface area contributed by atoms with Crippen molar-refractivity contribution in [1.29, 1.82) is 0 Å². The van der Waals surface area contributed by atoms with Gasteiger partial charge in [-0.25, -0.2) is 0 Å². The average Bonchev–Trinajstić information content (AvgIpc) is 2.92. The van der Waals surface area contributed by atoms with E-state index in [0.717, 1.165) is 30.5 Å². The summed E-state index contributed by atoms with van der Waals surface area (Å²) in [5.41, 5.74) is 13.0. The normalized spacial score (nSPS) is 18.0. The molecule has 3 aromatic carbocycles. The van der Waals surface area contributed by atoms with Crippen LogP contribution < -0.4 is 10.6 Å². The topological polar surface area (TPSA) is 89.9 Å². The molecule has 253 valence electrons. The van der Waals surface area contributed by atoms with E-state index in [9.17, 15) is 5.11 Å². The summed E-state index contributed by atoms with van der Waals surface area (Å²) in [6, 6.07) is 18.9. The monoisotopic (exact) mass is 877 g/mol. The van der Waals surface area contributed by atoms with Crippen LogP contribution in [0.25, 0.3) is 16.5 Å². The van der Waals surface area contributed by atoms with Crippen molar-refractivity contribution in [2.45, 2.75) is 118 Å². The fraction of sp³-hybridized carbons (Fsp3) is 0.450.